The van der Waals surface area contributed by atoms with Gasteiger partial charge in [0.2, 0.25) is 0 Å². The molecule has 3 nitrogen and oxygen atoms in total. The van der Waals surface area contributed by atoms with Crippen LogP contribution >= 0.6 is 0 Å². The maximum atomic E-state index is 11.5. The van der Waals surface area contributed by atoms with Crippen LogP contribution in [0.25, 0.3) is 0 Å². The third kappa shape index (κ3) is 3.33. The van der Waals surface area contributed by atoms with Crippen LogP contribution in [0.1, 0.15) is 26.2 Å². The minimum atomic E-state index is -0.222. The predicted molar refractivity (Wildman–Crippen MR) is 61.8 cm³/mol. The number of hydrogen-bond acceptors (Lipinski definition) is 3. The summed E-state index contributed by atoms with van der Waals surface area (Å²) in [6, 6.07) is 0. The third-order valence-corrected chi connectivity index (χ3v) is 3.01. The zero-order valence-electron chi connectivity index (χ0n) is 9.86. The predicted octanol–water partition coefficient (Wildman–Crippen LogP) is 2.28. The Bertz CT molecular complexity index is 328. The Morgan fingerprint density at radius 2 is 2.25 bits per heavy atom. The molecular formula is C13H18O3. The van der Waals surface area contributed by atoms with E-state index in [1.165, 1.54) is 7.11 Å². The molecule has 0 saturated heterocycles. The Morgan fingerprint density at radius 3 is 2.81 bits per heavy atom. The average Bonchev–Trinajstić information content (AvgIpc) is 2.26. The van der Waals surface area contributed by atoms with E-state index in [0.717, 1.165) is 5.57 Å². The fourth-order valence-corrected chi connectivity index (χ4v) is 2.02. The molecule has 0 amide bonds. The molecular weight excluding hydrogens is 204 g/mol. The third-order valence-electron chi connectivity index (χ3n) is 3.01. The first-order valence-corrected chi connectivity index (χ1v) is 5.48. The molecule has 0 unspecified atom stereocenters. The highest BCUT2D eigenvalue weighted by Crippen LogP contribution is 2.31. The number of ether oxygens (including phenoxy) is 1. The first-order valence-electron chi connectivity index (χ1n) is 5.48. The summed E-state index contributed by atoms with van der Waals surface area (Å²) < 4.78 is 4.59. The van der Waals surface area contributed by atoms with Gasteiger partial charge in [-0.3, -0.25) is 9.59 Å². The van der Waals surface area contributed by atoms with E-state index in [2.05, 4.69) is 11.3 Å². The van der Waals surface area contributed by atoms with Crippen LogP contribution in [0.3, 0.4) is 0 Å². The van der Waals surface area contributed by atoms with Gasteiger partial charge >= 0.3 is 5.97 Å². The number of allylic oxidation sites excluding steroid dienone is 3. The number of hydrogen-bond donors (Lipinski definition) is 0. The fourth-order valence-electron chi connectivity index (χ4n) is 2.02. The Morgan fingerprint density at radius 1 is 1.56 bits per heavy atom. The molecule has 3 heteroatoms. The minimum absolute atomic E-state index is 0.0258. The van der Waals surface area contributed by atoms with E-state index in [0.29, 0.717) is 19.3 Å². The van der Waals surface area contributed by atoms with Gasteiger partial charge in [-0.05, 0) is 25.7 Å². The molecule has 2 atom stereocenters. The van der Waals surface area contributed by atoms with E-state index < -0.39 is 0 Å². The zero-order valence-corrected chi connectivity index (χ0v) is 9.86. The highest BCUT2D eigenvalue weighted by molar-refractivity contribution is 5.79. The number of carbonyl (C=O) groups excluding carboxylic acids is 2. The molecule has 0 saturated carbocycles. The molecule has 0 aromatic rings. The lowest BCUT2D eigenvalue weighted by Gasteiger charge is -2.26. The normalized spacial score (nSPS) is 24.2. The Kier molecular flexibility index (Phi) is 4.47. The van der Waals surface area contributed by atoms with E-state index >= 15 is 0 Å². The van der Waals surface area contributed by atoms with Crippen LogP contribution in [0.5, 0.6) is 0 Å². The molecule has 1 aliphatic carbocycles. The van der Waals surface area contributed by atoms with Gasteiger partial charge in [-0.15, -0.1) is 0 Å². The largest absolute Gasteiger partial charge is 0.469 e. The number of Topliss-reactive ketones (excluding diaryl/α,β-unsaturated/α-hetero) is 1. The van der Waals surface area contributed by atoms with Crippen LogP contribution in [-0.4, -0.2) is 18.9 Å². The molecule has 0 aromatic heterocycles. The molecule has 0 heterocycles. The molecule has 16 heavy (non-hydrogen) atoms. The van der Waals surface area contributed by atoms with Crippen molar-refractivity contribution in [2.24, 2.45) is 11.8 Å². The molecule has 0 N–H and O–H groups in total. The Hall–Kier alpha value is -1.38. The second-order valence-electron chi connectivity index (χ2n) is 4.22. The lowest BCUT2D eigenvalue weighted by molar-refractivity contribution is -0.141. The standard InChI is InChI=1S/C13H18O3/c1-9-4-5-11(6-7-13(15)16-3)12(8-9)10(2)14/h4-5,11-12H,1,6-8H2,2-3H3/t11-,12+/m1/s1. The first-order chi connectivity index (χ1) is 7.54. The van der Waals surface area contributed by atoms with Crippen LogP contribution < -0.4 is 0 Å². The van der Waals surface area contributed by atoms with Crippen molar-refractivity contribution in [3.05, 3.63) is 24.3 Å². The molecule has 0 spiro atoms. The average molecular weight is 222 g/mol. The molecule has 0 bridgehead atoms. The minimum Gasteiger partial charge on any atom is -0.469 e. The number of esters is 1. The van der Waals surface area contributed by atoms with Crippen molar-refractivity contribution in [1.29, 1.82) is 0 Å². The van der Waals surface area contributed by atoms with Crippen LogP contribution in [-0.2, 0) is 14.3 Å². The van der Waals surface area contributed by atoms with E-state index in [-0.39, 0.29) is 23.6 Å². The van der Waals surface area contributed by atoms with E-state index in [9.17, 15) is 9.59 Å². The number of ketones is 1. The fraction of sp³-hybridized carbons (Fsp3) is 0.538. The maximum Gasteiger partial charge on any atom is 0.305 e. The lowest BCUT2D eigenvalue weighted by atomic mass is 9.78. The van der Waals surface area contributed by atoms with Crippen LogP contribution in [0.15, 0.2) is 24.3 Å². The van der Waals surface area contributed by atoms with Crippen molar-refractivity contribution >= 4 is 11.8 Å². The van der Waals surface area contributed by atoms with Gasteiger partial charge in [-0.25, -0.2) is 0 Å². The molecule has 1 rings (SSSR count). The van der Waals surface area contributed by atoms with Gasteiger partial charge in [0.25, 0.3) is 0 Å². The monoisotopic (exact) mass is 222 g/mol. The zero-order chi connectivity index (χ0) is 12.1. The van der Waals surface area contributed by atoms with Gasteiger partial charge in [-0.1, -0.05) is 24.3 Å². The van der Waals surface area contributed by atoms with Crippen molar-refractivity contribution in [3.63, 3.8) is 0 Å². The first kappa shape index (κ1) is 12.7. The number of rotatable bonds is 4. The topological polar surface area (TPSA) is 43.4 Å². The number of carbonyl (C=O) groups is 2. The van der Waals surface area contributed by atoms with Crippen LogP contribution in [0.4, 0.5) is 0 Å². The maximum absolute atomic E-state index is 11.5. The van der Waals surface area contributed by atoms with E-state index in [1.54, 1.807) is 6.92 Å². The van der Waals surface area contributed by atoms with Crippen molar-refractivity contribution in [1.82, 2.24) is 0 Å². The van der Waals surface area contributed by atoms with Gasteiger partial charge in [0, 0.05) is 12.3 Å². The van der Waals surface area contributed by atoms with Crippen molar-refractivity contribution in [2.75, 3.05) is 7.11 Å². The summed E-state index contributed by atoms with van der Waals surface area (Å²) in [6.07, 6.45) is 5.67. The summed E-state index contributed by atoms with van der Waals surface area (Å²) in [5, 5.41) is 0. The lowest BCUT2D eigenvalue weighted by Crippen LogP contribution is -2.24. The van der Waals surface area contributed by atoms with Gasteiger partial charge in [-0.2, -0.15) is 0 Å². The van der Waals surface area contributed by atoms with Gasteiger partial charge in [0.15, 0.2) is 0 Å². The van der Waals surface area contributed by atoms with Crippen molar-refractivity contribution in [2.45, 2.75) is 26.2 Å². The Labute approximate surface area is 96.2 Å². The summed E-state index contributed by atoms with van der Waals surface area (Å²) in [4.78, 5) is 22.5. The molecule has 1 aliphatic rings. The summed E-state index contributed by atoms with van der Waals surface area (Å²) >= 11 is 0. The van der Waals surface area contributed by atoms with Gasteiger partial charge in [0.1, 0.15) is 5.78 Å². The second-order valence-corrected chi connectivity index (χ2v) is 4.22. The molecule has 88 valence electrons. The second kappa shape index (κ2) is 5.64. The Balaban J connectivity index is 2.61. The summed E-state index contributed by atoms with van der Waals surface area (Å²) in [6.45, 7) is 5.46. The highest BCUT2D eigenvalue weighted by Gasteiger charge is 2.27. The van der Waals surface area contributed by atoms with E-state index in [1.807, 2.05) is 12.2 Å². The highest BCUT2D eigenvalue weighted by atomic mass is 16.5. The van der Waals surface area contributed by atoms with E-state index in [4.69, 9.17) is 0 Å². The quantitative estimate of drug-likeness (QED) is 0.685. The van der Waals surface area contributed by atoms with Crippen LogP contribution in [0.2, 0.25) is 0 Å². The number of methoxy groups -OCH3 is 1. The van der Waals surface area contributed by atoms with Crippen molar-refractivity contribution in [3.8, 4) is 0 Å². The summed E-state index contributed by atoms with van der Waals surface area (Å²) in [5.41, 5.74) is 0.981. The molecule has 0 aliphatic heterocycles. The molecule has 0 fully saturated rings. The van der Waals surface area contributed by atoms with Crippen LogP contribution in [0, 0.1) is 11.8 Å². The summed E-state index contributed by atoms with van der Waals surface area (Å²) in [7, 11) is 1.38. The smallest absolute Gasteiger partial charge is 0.305 e. The SMILES string of the molecule is C=C1C=C[C@H](CCC(=O)OC)[C@H](C(C)=O)C1. The molecule has 0 radical (unpaired) electrons. The van der Waals surface area contributed by atoms with Crippen molar-refractivity contribution < 1.29 is 14.3 Å². The van der Waals surface area contributed by atoms with Gasteiger partial charge in [0.05, 0.1) is 7.11 Å². The van der Waals surface area contributed by atoms with Gasteiger partial charge < -0.3 is 4.74 Å². The molecule has 0 aromatic carbocycles. The summed E-state index contributed by atoms with van der Waals surface area (Å²) in [5.74, 6) is 0.0599.